The van der Waals surface area contributed by atoms with Crippen molar-refractivity contribution >= 4 is 5.69 Å². The lowest BCUT2D eigenvalue weighted by molar-refractivity contribution is 0.506. The van der Waals surface area contributed by atoms with Gasteiger partial charge in [0.15, 0.2) is 0 Å². The number of hydrogen-bond donors (Lipinski definition) is 1. The van der Waals surface area contributed by atoms with Crippen molar-refractivity contribution in [2.75, 3.05) is 25.0 Å². The van der Waals surface area contributed by atoms with Crippen LogP contribution in [0.25, 0.3) is 0 Å². The fourth-order valence-corrected chi connectivity index (χ4v) is 2.34. The van der Waals surface area contributed by atoms with Crippen LogP contribution in [0.3, 0.4) is 0 Å². The molecular formula is C16H30N4O. The summed E-state index contributed by atoms with van der Waals surface area (Å²) in [7, 11) is 1.92. The van der Waals surface area contributed by atoms with Crippen molar-refractivity contribution < 1.29 is 0 Å². The van der Waals surface area contributed by atoms with Crippen LogP contribution < -0.4 is 16.2 Å². The smallest absolute Gasteiger partial charge is 0.268 e. The zero-order valence-corrected chi connectivity index (χ0v) is 13.6. The Hall–Kier alpha value is -1.36. The van der Waals surface area contributed by atoms with Gasteiger partial charge in [-0.1, -0.05) is 45.4 Å². The van der Waals surface area contributed by atoms with E-state index in [0.717, 1.165) is 18.7 Å². The van der Waals surface area contributed by atoms with Gasteiger partial charge < -0.3 is 10.6 Å². The maximum Gasteiger partial charge on any atom is 0.268 e. The highest BCUT2D eigenvalue weighted by atomic mass is 16.1. The molecule has 2 N–H and O–H groups in total. The predicted molar refractivity (Wildman–Crippen MR) is 88.8 cm³/mol. The van der Waals surface area contributed by atoms with Crippen LogP contribution in [0.4, 0.5) is 5.69 Å². The Morgan fingerprint density at radius 3 is 2.48 bits per heavy atom. The van der Waals surface area contributed by atoms with Crippen molar-refractivity contribution in [3.8, 4) is 0 Å². The summed E-state index contributed by atoms with van der Waals surface area (Å²) in [5.74, 6) is 0. The molecule has 0 amide bonds. The first kappa shape index (κ1) is 17.7. The number of aromatic nitrogens is 2. The van der Waals surface area contributed by atoms with Crippen LogP contribution >= 0.6 is 0 Å². The molecular weight excluding hydrogens is 264 g/mol. The Balaban J connectivity index is 2.34. The Kier molecular flexibility index (Phi) is 8.74. The lowest BCUT2D eigenvalue weighted by atomic mass is 10.1. The van der Waals surface area contributed by atoms with Gasteiger partial charge in [-0.2, -0.15) is 5.10 Å². The molecule has 5 heteroatoms. The van der Waals surface area contributed by atoms with Gasteiger partial charge in [-0.25, -0.2) is 4.68 Å². The van der Waals surface area contributed by atoms with Gasteiger partial charge in [-0.05, 0) is 6.42 Å². The molecule has 0 saturated heterocycles. The minimum absolute atomic E-state index is 0.0256. The lowest BCUT2D eigenvalue weighted by Crippen LogP contribution is -2.29. The second kappa shape index (κ2) is 10.4. The number of hydrogen-bond acceptors (Lipinski definition) is 4. The summed E-state index contributed by atoms with van der Waals surface area (Å²) in [6, 6.07) is 1.64. The average molecular weight is 294 g/mol. The molecule has 0 aliphatic heterocycles. The van der Waals surface area contributed by atoms with Crippen LogP contribution in [0.1, 0.15) is 51.9 Å². The Labute approximate surface area is 128 Å². The zero-order chi connectivity index (χ0) is 15.5. The number of rotatable bonds is 11. The standard InChI is InChI=1S/C16H30N4O/c1-3-4-5-6-7-8-9-11-20-16(21)13-15(14-18-20)19(2)12-10-17/h13-14H,3-12,17H2,1-2H3. The highest BCUT2D eigenvalue weighted by molar-refractivity contribution is 5.41. The van der Waals surface area contributed by atoms with Crippen molar-refractivity contribution in [3.63, 3.8) is 0 Å². The molecule has 0 spiro atoms. The molecule has 0 bridgehead atoms. The van der Waals surface area contributed by atoms with Gasteiger partial charge in [0.1, 0.15) is 0 Å². The summed E-state index contributed by atoms with van der Waals surface area (Å²) in [5.41, 5.74) is 6.32. The molecule has 0 atom stereocenters. The summed E-state index contributed by atoms with van der Waals surface area (Å²) in [6.45, 7) is 4.24. The van der Waals surface area contributed by atoms with Gasteiger partial charge in [-0.3, -0.25) is 4.79 Å². The van der Waals surface area contributed by atoms with Crippen LogP contribution in [0.15, 0.2) is 17.1 Å². The van der Waals surface area contributed by atoms with E-state index in [9.17, 15) is 4.79 Å². The van der Waals surface area contributed by atoms with Crippen LogP contribution in [0.2, 0.25) is 0 Å². The number of nitrogens with zero attached hydrogens (tertiary/aromatic N) is 3. The van der Waals surface area contributed by atoms with Crippen molar-refractivity contribution in [1.29, 1.82) is 0 Å². The largest absolute Gasteiger partial charge is 0.372 e. The van der Waals surface area contributed by atoms with Gasteiger partial charge >= 0.3 is 0 Å². The number of likely N-dealkylation sites (N-methyl/N-ethyl adjacent to an activating group) is 1. The lowest BCUT2D eigenvalue weighted by Gasteiger charge is -2.17. The molecule has 0 aliphatic rings. The molecule has 0 unspecified atom stereocenters. The van der Waals surface area contributed by atoms with Gasteiger partial charge in [-0.15, -0.1) is 0 Å². The minimum atomic E-state index is -0.0256. The third kappa shape index (κ3) is 6.76. The van der Waals surface area contributed by atoms with E-state index in [1.807, 2.05) is 11.9 Å². The van der Waals surface area contributed by atoms with Gasteiger partial charge in [0.25, 0.3) is 5.56 Å². The first-order chi connectivity index (χ1) is 10.2. The summed E-state index contributed by atoms with van der Waals surface area (Å²) in [5, 5.41) is 4.25. The number of unbranched alkanes of at least 4 members (excludes halogenated alkanes) is 6. The number of nitrogens with two attached hydrogens (primary N) is 1. The fraction of sp³-hybridized carbons (Fsp3) is 0.750. The second-order valence-corrected chi connectivity index (χ2v) is 5.61. The van der Waals surface area contributed by atoms with E-state index >= 15 is 0 Å². The fourth-order valence-electron chi connectivity index (χ4n) is 2.34. The molecule has 1 heterocycles. The molecule has 0 aromatic carbocycles. The first-order valence-electron chi connectivity index (χ1n) is 8.17. The van der Waals surface area contributed by atoms with Gasteiger partial charge in [0, 0.05) is 32.7 Å². The van der Waals surface area contributed by atoms with Gasteiger partial charge in [0.05, 0.1) is 11.9 Å². The van der Waals surface area contributed by atoms with Crippen LogP contribution in [0, 0.1) is 0 Å². The van der Waals surface area contributed by atoms with Crippen molar-refractivity contribution in [3.05, 3.63) is 22.6 Å². The Morgan fingerprint density at radius 1 is 1.19 bits per heavy atom. The zero-order valence-electron chi connectivity index (χ0n) is 13.6. The predicted octanol–water partition coefficient (Wildman–Crippen LogP) is 2.39. The van der Waals surface area contributed by atoms with E-state index in [0.29, 0.717) is 13.1 Å². The topological polar surface area (TPSA) is 64.2 Å². The molecule has 120 valence electrons. The Bertz CT molecular complexity index is 444. The van der Waals surface area contributed by atoms with Crippen LogP contribution in [-0.2, 0) is 6.54 Å². The minimum Gasteiger partial charge on any atom is -0.372 e. The molecule has 0 saturated carbocycles. The van der Waals surface area contributed by atoms with E-state index in [1.165, 1.54) is 38.5 Å². The van der Waals surface area contributed by atoms with E-state index in [2.05, 4.69) is 12.0 Å². The Morgan fingerprint density at radius 2 is 1.86 bits per heavy atom. The van der Waals surface area contributed by atoms with E-state index in [1.54, 1.807) is 16.9 Å². The normalized spacial score (nSPS) is 10.8. The highest BCUT2D eigenvalue weighted by Gasteiger charge is 2.04. The number of aryl methyl sites for hydroxylation is 1. The van der Waals surface area contributed by atoms with Crippen LogP contribution in [-0.4, -0.2) is 29.9 Å². The maximum atomic E-state index is 12.0. The SMILES string of the molecule is CCCCCCCCCn1ncc(N(C)CCN)cc1=O. The van der Waals surface area contributed by atoms with Crippen molar-refractivity contribution in [2.24, 2.45) is 5.73 Å². The molecule has 1 aromatic heterocycles. The van der Waals surface area contributed by atoms with Crippen molar-refractivity contribution in [2.45, 2.75) is 58.4 Å². The van der Waals surface area contributed by atoms with E-state index in [-0.39, 0.29) is 5.56 Å². The molecule has 1 rings (SSSR count). The summed E-state index contributed by atoms with van der Waals surface area (Å²) >= 11 is 0. The maximum absolute atomic E-state index is 12.0. The third-order valence-electron chi connectivity index (χ3n) is 3.73. The molecule has 0 radical (unpaired) electrons. The number of anilines is 1. The summed E-state index contributed by atoms with van der Waals surface area (Å²) < 4.78 is 1.56. The van der Waals surface area contributed by atoms with E-state index in [4.69, 9.17) is 5.73 Å². The first-order valence-corrected chi connectivity index (χ1v) is 8.17. The molecule has 1 aromatic rings. The highest BCUT2D eigenvalue weighted by Crippen LogP contribution is 2.08. The summed E-state index contributed by atoms with van der Waals surface area (Å²) in [4.78, 5) is 13.9. The summed E-state index contributed by atoms with van der Waals surface area (Å²) in [6.07, 6.45) is 10.5. The molecule has 0 fully saturated rings. The monoisotopic (exact) mass is 294 g/mol. The molecule has 0 aliphatic carbocycles. The van der Waals surface area contributed by atoms with Crippen molar-refractivity contribution in [1.82, 2.24) is 9.78 Å². The molecule has 5 nitrogen and oxygen atoms in total. The van der Waals surface area contributed by atoms with Crippen LogP contribution in [0.5, 0.6) is 0 Å². The molecule has 21 heavy (non-hydrogen) atoms. The third-order valence-corrected chi connectivity index (χ3v) is 3.73. The average Bonchev–Trinajstić information content (AvgIpc) is 2.48. The van der Waals surface area contributed by atoms with Gasteiger partial charge in [0.2, 0.25) is 0 Å². The quantitative estimate of drug-likeness (QED) is 0.636. The van der Waals surface area contributed by atoms with E-state index < -0.39 is 0 Å². The second-order valence-electron chi connectivity index (χ2n) is 5.61.